The summed E-state index contributed by atoms with van der Waals surface area (Å²) in [4.78, 5) is 15.4. The Morgan fingerprint density at radius 1 is 0.379 bits per heavy atom. The third-order valence-electron chi connectivity index (χ3n) is 12.9. The number of hydrogen-bond donors (Lipinski definition) is 0. The van der Waals surface area contributed by atoms with Crippen LogP contribution < -0.4 is 0 Å². The van der Waals surface area contributed by atoms with Gasteiger partial charge in [-0.15, -0.1) is 0 Å². The first kappa shape index (κ1) is 40.6. The summed E-state index contributed by atoms with van der Waals surface area (Å²) >= 11 is 0. The van der Waals surface area contributed by atoms with Crippen molar-refractivity contribution in [3.8, 4) is 62.7 Å². The van der Waals surface area contributed by atoms with Crippen LogP contribution in [0.1, 0.15) is 58.2 Å². The highest BCUT2D eigenvalue weighted by molar-refractivity contribution is 6.12. The highest BCUT2D eigenvalue weighted by Crippen LogP contribution is 2.44. The van der Waals surface area contributed by atoms with Crippen LogP contribution >= 0.6 is 0 Å². The van der Waals surface area contributed by atoms with Crippen molar-refractivity contribution in [3.63, 3.8) is 0 Å². The molecule has 0 atom stereocenters. The standard InChI is InChI=1S/C60H48N6/c1-59(2,3)42-27-31-53-48(35-42)49-36-43(60(4,5)6)28-32-54(49)65(53)52-30-26-41(58-63-56(39-17-9-7-10-18-39)62-57(64-58)40-19-11-8-12-20-40)34-47(52)46-29-25-38(37-61)33-55(46)66-50-23-15-13-21-44(50)45-22-14-16-24-51(45)66/h7-36H,1-6H3. The Hall–Kier alpha value is -8.14. The van der Waals surface area contributed by atoms with E-state index in [1.165, 1.54) is 21.9 Å². The van der Waals surface area contributed by atoms with E-state index >= 15 is 0 Å². The summed E-state index contributed by atoms with van der Waals surface area (Å²) in [5, 5.41) is 15.2. The minimum atomic E-state index is -0.0431. The van der Waals surface area contributed by atoms with Gasteiger partial charge in [0, 0.05) is 49.4 Å². The molecule has 318 valence electrons. The van der Waals surface area contributed by atoms with Crippen LogP contribution in [0.25, 0.3) is 100 Å². The van der Waals surface area contributed by atoms with Gasteiger partial charge in [-0.05, 0) is 88.7 Å². The highest BCUT2D eigenvalue weighted by Gasteiger charge is 2.25. The third kappa shape index (κ3) is 6.92. The van der Waals surface area contributed by atoms with E-state index in [1.807, 2.05) is 72.8 Å². The van der Waals surface area contributed by atoms with Crippen molar-refractivity contribution in [1.82, 2.24) is 24.1 Å². The number of nitrogens with zero attached hydrogens (tertiary/aromatic N) is 6. The number of nitriles is 1. The summed E-state index contributed by atoms with van der Waals surface area (Å²) in [5.74, 6) is 1.76. The lowest BCUT2D eigenvalue weighted by Gasteiger charge is -2.21. The van der Waals surface area contributed by atoms with Crippen LogP contribution in [0.5, 0.6) is 0 Å². The largest absolute Gasteiger partial charge is 0.309 e. The zero-order valence-electron chi connectivity index (χ0n) is 38.0. The molecule has 6 heteroatoms. The maximum absolute atomic E-state index is 10.5. The van der Waals surface area contributed by atoms with Crippen molar-refractivity contribution < 1.29 is 0 Å². The van der Waals surface area contributed by atoms with E-state index in [1.54, 1.807) is 0 Å². The Bertz CT molecular complexity index is 3540. The van der Waals surface area contributed by atoms with Gasteiger partial charge in [0.15, 0.2) is 17.5 Å². The lowest BCUT2D eigenvalue weighted by atomic mass is 9.85. The average molecular weight is 853 g/mol. The molecule has 0 aliphatic carbocycles. The molecule has 0 aliphatic heterocycles. The van der Waals surface area contributed by atoms with Gasteiger partial charge in [0.1, 0.15) is 0 Å². The van der Waals surface area contributed by atoms with Gasteiger partial charge in [-0.3, -0.25) is 0 Å². The molecule has 3 aromatic heterocycles. The van der Waals surface area contributed by atoms with Gasteiger partial charge in [0.25, 0.3) is 0 Å². The molecule has 11 aromatic rings. The molecule has 0 unspecified atom stereocenters. The Labute approximate surface area is 385 Å². The molecule has 0 radical (unpaired) electrons. The van der Waals surface area contributed by atoms with Crippen LogP contribution in [0, 0.1) is 11.3 Å². The zero-order valence-corrected chi connectivity index (χ0v) is 38.0. The van der Waals surface area contributed by atoms with Crippen LogP contribution in [-0.2, 0) is 10.8 Å². The van der Waals surface area contributed by atoms with Crippen LogP contribution in [0.15, 0.2) is 182 Å². The molecule has 66 heavy (non-hydrogen) atoms. The molecule has 0 fully saturated rings. The van der Waals surface area contributed by atoms with Crippen LogP contribution in [0.2, 0.25) is 0 Å². The lowest BCUT2D eigenvalue weighted by Crippen LogP contribution is -2.10. The van der Waals surface area contributed by atoms with Crippen molar-refractivity contribution in [3.05, 3.63) is 199 Å². The minimum Gasteiger partial charge on any atom is -0.309 e. The molecule has 0 aliphatic rings. The number of para-hydroxylation sites is 2. The van der Waals surface area contributed by atoms with Gasteiger partial charge in [-0.1, -0.05) is 157 Å². The van der Waals surface area contributed by atoms with Crippen LogP contribution in [0.4, 0.5) is 0 Å². The normalized spacial score (nSPS) is 12.1. The van der Waals surface area contributed by atoms with Crippen molar-refractivity contribution in [2.75, 3.05) is 0 Å². The Kier molecular flexibility index (Phi) is 9.56. The van der Waals surface area contributed by atoms with E-state index in [-0.39, 0.29) is 10.8 Å². The molecule has 0 amide bonds. The molecule has 11 rings (SSSR count). The summed E-state index contributed by atoms with van der Waals surface area (Å²) in [6.45, 7) is 13.7. The molecular formula is C60H48N6. The van der Waals surface area contributed by atoms with Gasteiger partial charge < -0.3 is 9.13 Å². The van der Waals surface area contributed by atoms with Crippen LogP contribution in [-0.4, -0.2) is 24.1 Å². The number of aromatic nitrogens is 5. The monoisotopic (exact) mass is 852 g/mol. The fourth-order valence-electron chi connectivity index (χ4n) is 9.44. The third-order valence-corrected chi connectivity index (χ3v) is 12.9. The minimum absolute atomic E-state index is 0.0431. The fourth-order valence-corrected chi connectivity index (χ4v) is 9.44. The Balaban J connectivity index is 1.26. The summed E-state index contributed by atoms with van der Waals surface area (Å²) < 4.78 is 4.74. The molecule has 0 spiro atoms. The zero-order chi connectivity index (χ0) is 45.3. The van der Waals surface area contributed by atoms with E-state index in [0.29, 0.717) is 23.0 Å². The van der Waals surface area contributed by atoms with Gasteiger partial charge in [-0.25, -0.2) is 15.0 Å². The van der Waals surface area contributed by atoms with Crippen molar-refractivity contribution in [2.24, 2.45) is 0 Å². The van der Waals surface area contributed by atoms with Gasteiger partial charge in [0.05, 0.1) is 45.1 Å². The molecule has 0 N–H and O–H groups in total. The number of benzene rings is 8. The van der Waals surface area contributed by atoms with E-state index in [4.69, 9.17) is 15.0 Å². The molecule has 8 aromatic carbocycles. The van der Waals surface area contributed by atoms with Crippen molar-refractivity contribution >= 4 is 43.6 Å². The summed E-state index contributed by atoms with van der Waals surface area (Å²) in [6.07, 6.45) is 0. The lowest BCUT2D eigenvalue weighted by molar-refractivity contribution is 0.590. The Morgan fingerprint density at radius 2 is 0.833 bits per heavy atom. The Morgan fingerprint density at radius 3 is 1.33 bits per heavy atom. The quantitative estimate of drug-likeness (QED) is 0.167. The smallest absolute Gasteiger partial charge is 0.164 e. The van der Waals surface area contributed by atoms with Gasteiger partial charge in [0.2, 0.25) is 0 Å². The van der Waals surface area contributed by atoms with Crippen LogP contribution in [0.3, 0.4) is 0 Å². The second-order valence-corrected chi connectivity index (χ2v) is 19.3. The fraction of sp³-hybridized carbons (Fsp3) is 0.133. The van der Waals surface area contributed by atoms with Crippen molar-refractivity contribution in [1.29, 1.82) is 5.26 Å². The number of rotatable bonds is 6. The van der Waals surface area contributed by atoms with E-state index < -0.39 is 0 Å². The molecule has 6 nitrogen and oxygen atoms in total. The molecule has 0 saturated carbocycles. The molecule has 0 bridgehead atoms. The summed E-state index contributed by atoms with van der Waals surface area (Å²) in [5.41, 5.74) is 13.9. The van der Waals surface area contributed by atoms with E-state index in [9.17, 15) is 5.26 Å². The number of fused-ring (bicyclic) bond motifs is 6. The second-order valence-electron chi connectivity index (χ2n) is 19.3. The predicted molar refractivity (Wildman–Crippen MR) is 272 cm³/mol. The molecular weight excluding hydrogens is 805 g/mol. The molecule has 3 heterocycles. The first-order chi connectivity index (χ1) is 31.9. The summed E-state index contributed by atoms with van der Waals surface area (Å²) in [7, 11) is 0. The second kappa shape index (κ2) is 15.5. The molecule has 0 saturated heterocycles. The predicted octanol–water partition coefficient (Wildman–Crippen LogP) is 15.2. The topological polar surface area (TPSA) is 72.3 Å². The number of hydrogen-bond acceptors (Lipinski definition) is 4. The van der Waals surface area contributed by atoms with E-state index in [2.05, 4.69) is 166 Å². The highest BCUT2D eigenvalue weighted by atomic mass is 15.0. The first-order valence-electron chi connectivity index (χ1n) is 22.6. The van der Waals surface area contributed by atoms with Crippen molar-refractivity contribution in [2.45, 2.75) is 52.4 Å². The maximum Gasteiger partial charge on any atom is 0.164 e. The first-order valence-corrected chi connectivity index (χ1v) is 22.6. The van der Waals surface area contributed by atoms with E-state index in [0.717, 1.165) is 72.0 Å². The average Bonchev–Trinajstić information content (AvgIpc) is 3.85. The SMILES string of the molecule is CC(C)(C)c1ccc2c(c1)c1cc(C(C)(C)C)ccc1n2-c1ccc(-c2nc(-c3ccccc3)nc(-c3ccccc3)n2)cc1-c1ccc(C#N)cc1-n1c2ccccc2c2ccccc21. The maximum atomic E-state index is 10.5. The van der Waals surface area contributed by atoms with Gasteiger partial charge in [-0.2, -0.15) is 5.26 Å². The van der Waals surface area contributed by atoms with Gasteiger partial charge >= 0.3 is 0 Å². The summed E-state index contributed by atoms with van der Waals surface area (Å²) in [6, 6.07) is 66.3.